The van der Waals surface area contributed by atoms with Crippen molar-refractivity contribution in [1.82, 2.24) is 5.32 Å². The third-order valence-corrected chi connectivity index (χ3v) is 2.83. The lowest BCUT2D eigenvalue weighted by Gasteiger charge is -2.17. The van der Waals surface area contributed by atoms with Gasteiger partial charge in [-0.25, -0.2) is 0 Å². The van der Waals surface area contributed by atoms with Gasteiger partial charge in [-0.15, -0.1) is 0 Å². The highest BCUT2D eigenvalue weighted by Gasteiger charge is 2.09. The van der Waals surface area contributed by atoms with E-state index in [1.54, 1.807) is 0 Å². The molecule has 1 aromatic carbocycles. The summed E-state index contributed by atoms with van der Waals surface area (Å²) in [7, 11) is 0. The fraction of sp³-hybridized carbons (Fsp3) is 0.533. The van der Waals surface area contributed by atoms with Gasteiger partial charge in [-0.05, 0) is 18.4 Å². The molecule has 100 valence electrons. The molecule has 18 heavy (non-hydrogen) atoms. The SMILES string of the molecule is CCCC(=O)OCC(CC)NCc1ccccc1. The van der Waals surface area contributed by atoms with Crippen molar-refractivity contribution in [3.63, 3.8) is 0 Å². The maximum atomic E-state index is 11.3. The van der Waals surface area contributed by atoms with Crippen LogP contribution in [0.25, 0.3) is 0 Å². The largest absolute Gasteiger partial charge is 0.464 e. The van der Waals surface area contributed by atoms with Gasteiger partial charge in [0.25, 0.3) is 0 Å². The Morgan fingerprint density at radius 2 is 2.00 bits per heavy atom. The smallest absolute Gasteiger partial charge is 0.305 e. The van der Waals surface area contributed by atoms with Crippen LogP contribution in [0.2, 0.25) is 0 Å². The molecule has 0 saturated heterocycles. The van der Waals surface area contributed by atoms with E-state index in [-0.39, 0.29) is 12.0 Å². The number of carbonyl (C=O) groups excluding carboxylic acids is 1. The maximum absolute atomic E-state index is 11.3. The van der Waals surface area contributed by atoms with E-state index in [2.05, 4.69) is 24.4 Å². The van der Waals surface area contributed by atoms with Crippen LogP contribution in [0.1, 0.15) is 38.7 Å². The molecule has 0 spiro atoms. The van der Waals surface area contributed by atoms with E-state index in [0.717, 1.165) is 19.4 Å². The molecule has 1 aromatic rings. The Morgan fingerprint density at radius 1 is 1.28 bits per heavy atom. The van der Waals surface area contributed by atoms with Crippen molar-refractivity contribution >= 4 is 5.97 Å². The van der Waals surface area contributed by atoms with Gasteiger partial charge >= 0.3 is 5.97 Å². The molecule has 3 heteroatoms. The van der Waals surface area contributed by atoms with Gasteiger partial charge in [0.15, 0.2) is 0 Å². The van der Waals surface area contributed by atoms with E-state index in [1.165, 1.54) is 5.56 Å². The third kappa shape index (κ3) is 5.82. The summed E-state index contributed by atoms with van der Waals surface area (Å²) in [6.45, 7) is 5.34. The summed E-state index contributed by atoms with van der Waals surface area (Å²) in [6, 6.07) is 10.5. The van der Waals surface area contributed by atoms with E-state index >= 15 is 0 Å². The number of ether oxygens (including phenoxy) is 1. The summed E-state index contributed by atoms with van der Waals surface area (Å²) in [5.41, 5.74) is 1.25. The molecule has 0 fully saturated rings. The molecule has 3 nitrogen and oxygen atoms in total. The molecule has 1 rings (SSSR count). The molecule has 0 aliphatic rings. The van der Waals surface area contributed by atoms with E-state index in [1.807, 2.05) is 25.1 Å². The predicted molar refractivity (Wildman–Crippen MR) is 73.2 cm³/mol. The van der Waals surface area contributed by atoms with Gasteiger partial charge in [0.2, 0.25) is 0 Å². The highest BCUT2D eigenvalue weighted by atomic mass is 16.5. The number of carbonyl (C=O) groups is 1. The summed E-state index contributed by atoms with van der Waals surface area (Å²) < 4.78 is 5.22. The first-order valence-corrected chi connectivity index (χ1v) is 6.69. The molecule has 0 saturated carbocycles. The van der Waals surface area contributed by atoms with Gasteiger partial charge in [0, 0.05) is 19.0 Å². The summed E-state index contributed by atoms with van der Waals surface area (Å²) in [6.07, 6.45) is 2.30. The van der Waals surface area contributed by atoms with Crippen molar-refractivity contribution in [1.29, 1.82) is 0 Å². The van der Waals surface area contributed by atoms with Gasteiger partial charge in [-0.3, -0.25) is 4.79 Å². The fourth-order valence-electron chi connectivity index (χ4n) is 1.65. The standard InChI is InChI=1S/C15H23NO2/c1-3-8-15(17)18-12-14(4-2)16-11-13-9-6-5-7-10-13/h5-7,9-10,14,16H,3-4,8,11-12H2,1-2H3. The summed E-state index contributed by atoms with van der Waals surface area (Å²) >= 11 is 0. The van der Waals surface area contributed by atoms with Crippen LogP contribution in [0.3, 0.4) is 0 Å². The third-order valence-electron chi connectivity index (χ3n) is 2.83. The first kappa shape index (κ1) is 14.7. The summed E-state index contributed by atoms with van der Waals surface area (Å²) in [5, 5.41) is 3.41. The van der Waals surface area contributed by atoms with Crippen molar-refractivity contribution in [2.45, 2.75) is 45.7 Å². The van der Waals surface area contributed by atoms with Crippen molar-refractivity contribution in [3.8, 4) is 0 Å². The molecule has 1 atom stereocenters. The maximum Gasteiger partial charge on any atom is 0.305 e. The first-order valence-electron chi connectivity index (χ1n) is 6.69. The average molecular weight is 249 g/mol. The number of rotatable bonds is 8. The fourth-order valence-corrected chi connectivity index (χ4v) is 1.65. The lowest BCUT2D eigenvalue weighted by molar-refractivity contribution is -0.144. The number of benzene rings is 1. The Kier molecular flexibility index (Phi) is 7.11. The van der Waals surface area contributed by atoms with Crippen molar-refractivity contribution in [2.24, 2.45) is 0 Å². The second-order valence-electron chi connectivity index (χ2n) is 4.40. The summed E-state index contributed by atoms with van der Waals surface area (Å²) in [4.78, 5) is 11.3. The molecule has 0 heterocycles. The van der Waals surface area contributed by atoms with E-state index in [0.29, 0.717) is 13.0 Å². The molecule has 0 aliphatic carbocycles. The number of esters is 1. The topological polar surface area (TPSA) is 38.3 Å². The van der Waals surface area contributed by atoms with Crippen molar-refractivity contribution in [3.05, 3.63) is 35.9 Å². The zero-order valence-corrected chi connectivity index (χ0v) is 11.3. The minimum atomic E-state index is -0.0996. The van der Waals surface area contributed by atoms with Gasteiger partial charge in [0.1, 0.15) is 6.61 Å². The Labute approximate surface area is 110 Å². The monoisotopic (exact) mass is 249 g/mol. The molecular weight excluding hydrogens is 226 g/mol. The van der Waals surface area contributed by atoms with Gasteiger partial charge in [0.05, 0.1) is 0 Å². The Balaban J connectivity index is 2.27. The summed E-state index contributed by atoms with van der Waals surface area (Å²) in [5.74, 6) is -0.0996. The van der Waals surface area contributed by atoms with Crippen LogP contribution < -0.4 is 5.32 Å². The molecule has 1 unspecified atom stereocenters. The van der Waals surface area contributed by atoms with E-state index < -0.39 is 0 Å². The minimum absolute atomic E-state index is 0.0996. The second-order valence-corrected chi connectivity index (χ2v) is 4.40. The first-order chi connectivity index (χ1) is 8.76. The predicted octanol–water partition coefficient (Wildman–Crippen LogP) is 2.90. The minimum Gasteiger partial charge on any atom is -0.464 e. The molecular formula is C15H23NO2. The lowest BCUT2D eigenvalue weighted by Crippen LogP contribution is -2.33. The average Bonchev–Trinajstić information content (AvgIpc) is 2.40. The quantitative estimate of drug-likeness (QED) is 0.720. The molecule has 0 aromatic heterocycles. The van der Waals surface area contributed by atoms with E-state index in [4.69, 9.17) is 4.74 Å². The van der Waals surface area contributed by atoms with Gasteiger partial charge in [-0.2, -0.15) is 0 Å². The normalized spacial score (nSPS) is 12.1. The Morgan fingerprint density at radius 3 is 2.61 bits per heavy atom. The molecule has 1 N–H and O–H groups in total. The molecule has 0 bridgehead atoms. The number of nitrogens with one attached hydrogen (secondary N) is 1. The second kappa shape index (κ2) is 8.70. The zero-order chi connectivity index (χ0) is 13.2. The van der Waals surface area contributed by atoms with Gasteiger partial charge < -0.3 is 10.1 Å². The Bertz CT molecular complexity index is 338. The van der Waals surface area contributed by atoms with Crippen LogP contribution in [0.15, 0.2) is 30.3 Å². The van der Waals surface area contributed by atoms with Crippen molar-refractivity contribution in [2.75, 3.05) is 6.61 Å². The molecule has 0 amide bonds. The van der Waals surface area contributed by atoms with Crippen LogP contribution in [-0.4, -0.2) is 18.6 Å². The molecule has 0 aliphatic heterocycles. The highest BCUT2D eigenvalue weighted by Crippen LogP contribution is 2.01. The van der Waals surface area contributed by atoms with Crippen molar-refractivity contribution < 1.29 is 9.53 Å². The number of hydrogen-bond acceptors (Lipinski definition) is 3. The zero-order valence-electron chi connectivity index (χ0n) is 11.3. The van der Waals surface area contributed by atoms with Crippen LogP contribution >= 0.6 is 0 Å². The lowest BCUT2D eigenvalue weighted by atomic mass is 10.2. The van der Waals surface area contributed by atoms with Crippen LogP contribution in [0.4, 0.5) is 0 Å². The van der Waals surface area contributed by atoms with Crippen LogP contribution in [0.5, 0.6) is 0 Å². The molecule has 0 radical (unpaired) electrons. The number of hydrogen-bond donors (Lipinski definition) is 1. The van der Waals surface area contributed by atoms with E-state index in [9.17, 15) is 4.79 Å². The van der Waals surface area contributed by atoms with Gasteiger partial charge in [-0.1, -0.05) is 44.2 Å². The van der Waals surface area contributed by atoms with Crippen LogP contribution in [0, 0.1) is 0 Å². The highest BCUT2D eigenvalue weighted by molar-refractivity contribution is 5.69. The van der Waals surface area contributed by atoms with Crippen LogP contribution in [-0.2, 0) is 16.1 Å². The Hall–Kier alpha value is -1.35.